The molecule has 0 radical (unpaired) electrons. The molecule has 1 aliphatic heterocycles. The zero-order valence-corrected chi connectivity index (χ0v) is 19.7. The van der Waals surface area contributed by atoms with Crippen LogP contribution in [-0.4, -0.2) is 39.5 Å². The zero-order valence-electron chi connectivity index (χ0n) is 18.1. The van der Waals surface area contributed by atoms with Crippen molar-refractivity contribution in [2.75, 3.05) is 23.4 Å². The van der Waals surface area contributed by atoms with Crippen LogP contribution in [-0.2, 0) is 22.5 Å². The highest BCUT2D eigenvalue weighted by Gasteiger charge is 2.22. The number of aryl methyl sites for hydroxylation is 1. The van der Waals surface area contributed by atoms with Crippen LogP contribution < -0.4 is 10.9 Å². The molecule has 0 atom stereocenters. The molecule has 0 aliphatic carbocycles. The maximum atomic E-state index is 13.1. The number of hydrogen-bond donors (Lipinski definition) is 1. The van der Waals surface area contributed by atoms with E-state index < -0.39 is 5.97 Å². The number of aromatic nitrogens is 2. The monoisotopic (exact) mass is 481 g/mol. The first-order valence-corrected chi connectivity index (χ1v) is 12.5. The van der Waals surface area contributed by atoms with E-state index in [1.54, 1.807) is 35.8 Å². The number of hydrogen-bond acceptors (Lipinski definition) is 7. The van der Waals surface area contributed by atoms with Crippen LogP contribution in [0, 0.1) is 0 Å². The summed E-state index contributed by atoms with van der Waals surface area (Å²) in [7, 11) is 0. The molecule has 1 amide bonds. The molecule has 2 aromatic carbocycles. The van der Waals surface area contributed by atoms with E-state index in [9.17, 15) is 14.4 Å². The third-order valence-corrected chi connectivity index (χ3v) is 7.04. The minimum absolute atomic E-state index is 0.0460. The fourth-order valence-electron chi connectivity index (χ4n) is 3.43. The Morgan fingerprint density at radius 1 is 1.15 bits per heavy atom. The molecule has 0 fully saturated rings. The Kier molecular flexibility index (Phi) is 7.51. The highest BCUT2D eigenvalue weighted by molar-refractivity contribution is 8.00. The molecule has 0 saturated heterocycles. The summed E-state index contributed by atoms with van der Waals surface area (Å²) in [4.78, 5) is 43.4. The second-order valence-corrected chi connectivity index (χ2v) is 9.30. The van der Waals surface area contributed by atoms with Gasteiger partial charge < -0.3 is 10.1 Å². The molecule has 0 saturated carbocycles. The summed E-state index contributed by atoms with van der Waals surface area (Å²) in [5.74, 6) is 0.0922. The van der Waals surface area contributed by atoms with E-state index in [1.165, 1.54) is 23.5 Å². The normalized spacial score (nSPS) is 12.3. The summed E-state index contributed by atoms with van der Waals surface area (Å²) >= 11 is 2.75. The summed E-state index contributed by atoms with van der Waals surface area (Å²) in [6.45, 7) is 2.36. The van der Waals surface area contributed by atoms with Crippen molar-refractivity contribution in [2.45, 2.75) is 29.9 Å². The molecule has 0 spiro atoms. The number of fused-ring (bicyclic) bond motifs is 1. The van der Waals surface area contributed by atoms with Crippen molar-refractivity contribution in [3.05, 3.63) is 81.8 Å². The number of carbonyl (C=O) groups excluding carboxylic acids is 2. The Hall–Kier alpha value is -3.04. The van der Waals surface area contributed by atoms with E-state index >= 15 is 0 Å². The first-order chi connectivity index (χ1) is 16.1. The van der Waals surface area contributed by atoms with Gasteiger partial charge in [0.25, 0.3) is 5.56 Å². The smallest absolute Gasteiger partial charge is 0.340 e. The lowest BCUT2D eigenvalue weighted by Crippen LogP contribution is -2.26. The predicted molar refractivity (Wildman–Crippen MR) is 130 cm³/mol. The van der Waals surface area contributed by atoms with Crippen LogP contribution >= 0.6 is 23.5 Å². The van der Waals surface area contributed by atoms with Gasteiger partial charge in [-0.3, -0.25) is 14.2 Å². The Morgan fingerprint density at radius 2 is 1.91 bits per heavy atom. The van der Waals surface area contributed by atoms with Gasteiger partial charge in [-0.2, -0.15) is 0 Å². The highest BCUT2D eigenvalue weighted by Crippen LogP contribution is 2.29. The molecule has 3 aromatic rings. The van der Waals surface area contributed by atoms with Gasteiger partial charge in [0.15, 0.2) is 5.16 Å². The average molecular weight is 482 g/mol. The fourth-order valence-corrected chi connectivity index (χ4v) is 5.29. The Balaban J connectivity index is 1.53. The van der Waals surface area contributed by atoms with Crippen molar-refractivity contribution in [3.8, 4) is 0 Å². The predicted octanol–water partition coefficient (Wildman–Crippen LogP) is 3.85. The van der Waals surface area contributed by atoms with Crippen LogP contribution in [0.15, 0.2) is 69.4 Å². The van der Waals surface area contributed by atoms with Crippen molar-refractivity contribution in [3.63, 3.8) is 0 Å². The number of carbonyl (C=O) groups is 2. The SMILES string of the molecule is CCOC(=O)c1ccccc1NC(=O)CSc1nc2c(c(=O)n1Cc1ccccc1)SCC2. The largest absolute Gasteiger partial charge is 0.462 e. The van der Waals surface area contributed by atoms with Crippen LogP contribution in [0.1, 0.15) is 28.5 Å². The molecule has 0 unspecified atom stereocenters. The molecule has 2 heterocycles. The number of rotatable bonds is 8. The fraction of sp³-hybridized carbons (Fsp3) is 0.250. The van der Waals surface area contributed by atoms with Crippen LogP contribution in [0.4, 0.5) is 5.69 Å². The van der Waals surface area contributed by atoms with Gasteiger partial charge >= 0.3 is 5.97 Å². The van der Waals surface area contributed by atoms with Crippen LogP contribution in [0.3, 0.4) is 0 Å². The molecule has 0 bridgehead atoms. The maximum absolute atomic E-state index is 13.1. The Bertz CT molecular complexity index is 1230. The minimum Gasteiger partial charge on any atom is -0.462 e. The number of thioether (sulfide) groups is 2. The molecule has 9 heteroatoms. The third kappa shape index (κ3) is 5.48. The van der Waals surface area contributed by atoms with Gasteiger partial charge in [0.1, 0.15) is 0 Å². The van der Waals surface area contributed by atoms with E-state index in [4.69, 9.17) is 9.72 Å². The summed E-state index contributed by atoms with van der Waals surface area (Å²) in [6, 6.07) is 16.4. The van der Waals surface area contributed by atoms with Gasteiger partial charge in [-0.25, -0.2) is 9.78 Å². The zero-order chi connectivity index (χ0) is 23.2. The third-order valence-electron chi connectivity index (χ3n) is 4.96. The number of nitrogens with zero attached hydrogens (tertiary/aromatic N) is 2. The topological polar surface area (TPSA) is 90.3 Å². The Morgan fingerprint density at radius 3 is 2.70 bits per heavy atom. The summed E-state index contributed by atoms with van der Waals surface area (Å²) in [5, 5.41) is 3.29. The number of anilines is 1. The standard InChI is InChI=1S/C24H23N3O4S2/c1-2-31-23(30)17-10-6-7-11-18(17)25-20(28)15-33-24-26-19-12-13-32-21(19)22(29)27(24)14-16-8-4-3-5-9-16/h3-11H,2,12-15H2,1H3,(H,25,28). The van der Waals surface area contributed by atoms with Crippen LogP contribution in [0.25, 0.3) is 0 Å². The van der Waals surface area contributed by atoms with Gasteiger partial charge in [-0.05, 0) is 24.6 Å². The molecule has 1 aromatic heterocycles. The Labute approximate surface area is 200 Å². The molecular formula is C24H23N3O4S2. The molecule has 4 rings (SSSR count). The summed E-state index contributed by atoms with van der Waals surface area (Å²) < 4.78 is 6.70. The molecule has 1 aliphatic rings. The molecule has 7 nitrogen and oxygen atoms in total. The number of benzene rings is 2. The lowest BCUT2D eigenvalue weighted by Gasteiger charge is -2.14. The number of ether oxygens (including phenoxy) is 1. The average Bonchev–Trinajstić information content (AvgIpc) is 3.30. The number of nitrogens with one attached hydrogen (secondary N) is 1. The van der Waals surface area contributed by atoms with Crippen molar-refractivity contribution in [2.24, 2.45) is 0 Å². The lowest BCUT2D eigenvalue weighted by atomic mass is 10.2. The van der Waals surface area contributed by atoms with Crippen molar-refractivity contribution >= 4 is 41.1 Å². The van der Waals surface area contributed by atoms with Crippen LogP contribution in [0.2, 0.25) is 0 Å². The molecule has 1 N–H and O–H groups in total. The summed E-state index contributed by atoms with van der Waals surface area (Å²) in [5.41, 5.74) is 2.40. The molecular weight excluding hydrogens is 458 g/mol. The quantitative estimate of drug-likeness (QED) is 0.297. The van der Waals surface area contributed by atoms with Crippen molar-refractivity contribution in [1.82, 2.24) is 9.55 Å². The molecule has 33 heavy (non-hydrogen) atoms. The number of para-hydroxylation sites is 1. The summed E-state index contributed by atoms with van der Waals surface area (Å²) in [6.07, 6.45) is 0.744. The lowest BCUT2D eigenvalue weighted by molar-refractivity contribution is -0.113. The van der Waals surface area contributed by atoms with Gasteiger partial charge in [-0.15, -0.1) is 11.8 Å². The highest BCUT2D eigenvalue weighted by atomic mass is 32.2. The molecule has 170 valence electrons. The van der Waals surface area contributed by atoms with E-state index in [0.717, 1.165) is 23.4 Å². The number of amides is 1. The second kappa shape index (κ2) is 10.7. The van der Waals surface area contributed by atoms with Gasteiger partial charge in [0.2, 0.25) is 5.91 Å². The van der Waals surface area contributed by atoms with Gasteiger partial charge in [0, 0.05) is 12.2 Å². The van der Waals surface area contributed by atoms with Crippen LogP contribution in [0.5, 0.6) is 0 Å². The van der Waals surface area contributed by atoms with E-state index in [2.05, 4.69) is 5.32 Å². The van der Waals surface area contributed by atoms with Gasteiger partial charge in [-0.1, -0.05) is 54.2 Å². The first kappa shape index (κ1) is 23.1. The second-order valence-electron chi connectivity index (χ2n) is 7.25. The minimum atomic E-state index is -0.490. The number of esters is 1. The van der Waals surface area contributed by atoms with Crippen molar-refractivity contribution < 1.29 is 14.3 Å². The van der Waals surface area contributed by atoms with E-state index in [1.807, 2.05) is 30.3 Å². The van der Waals surface area contributed by atoms with E-state index in [0.29, 0.717) is 27.8 Å². The maximum Gasteiger partial charge on any atom is 0.340 e. The first-order valence-electron chi connectivity index (χ1n) is 10.6. The van der Waals surface area contributed by atoms with Gasteiger partial charge in [0.05, 0.1) is 40.7 Å². The van der Waals surface area contributed by atoms with E-state index in [-0.39, 0.29) is 23.8 Å². The van der Waals surface area contributed by atoms with Crippen molar-refractivity contribution in [1.29, 1.82) is 0 Å².